The number of aromatic nitrogens is 4. The van der Waals surface area contributed by atoms with Crippen molar-refractivity contribution < 1.29 is 0 Å². The Kier molecular flexibility index (Phi) is 3.87. The molecule has 3 rings (SSSR count). The first kappa shape index (κ1) is 15.5. The Morgan fingerprint density at radius 1 is 0.750 bits per heavy atom. The van der Waals surface area contributed by atoms with E-state index in [4.69, 9.17) is 0 Å². The number of aryl methyl sites for hydroxylation is 1. The van der Waals surface area contributed by atoms with Crippen molar-refractivity contribution in [1.29, 1.82) is 0 Å². The van der Waals surface area contributed by atoms with Gasteiger partial charge in [0, 0.05) is 29.4 Å². The van der Waals surface area contributed by atoms with Crippen LogP contribution < -0.4 is 22.5 Å². The van der Waals surface area contributed by atoms with Crippen molar-refractivity contribution in [3.05, 3.63) is 101 Å². The first-order valence-electron chi connectivity index (χ1n) is 7.16. The van der Waals surface area contributed by atoms with Crippen molar-refractivity contribution in [1.82, 2.24) is 19.9 Å². The fourth-order valence-corrected chi connectivity index (χ4v) is 2.68. The van der Waals surface area contributed by atoms with Crippen LogP contribution in [0.1, 0.15) is 28.2 Å². The maximum Gasteiger partial charge on any atom is 0.325 e. The van der Waals surface area contributed by atoms with Crippen LogP contribution in [-0.4, -0.2) is 19.9 Å². The van der Waals surface area contributed by atoms with Gasteiger partial charge in [0.25, 0.3) is 11.1 Å². The van der Waals surface area contributed by atoms with Gasteiger partial charge in [-0.05, 0) is 18.1 Å². The van der Waals surface area contributed by atoms with Gasteiger partial charge in [0.05, 0.1) is 0 Å². The summed E-state index contributed by atoms with van der Waals surface area (Å²) in [4.78, 5) is 56.2. The lowest BCUT2D eigenvalue weighted by Gasteiger charge is -2.18. The van der Waals surface area contributed by atoms with E-state index in [2.05, 4.69) is 19.9 Å². The third-order valence-electron chi connectivity index (χ3n) is 3.82. The second kappa shape index (κ2) is 5.99. The molecule has 4 N–H and O–H groups in total. The van der Waals surface area contributed by atoms with Crippen molar-refractivity contribution in [2.75, 3.05) is 0 Å². The van der Waals surface area contributed by atoms with Crippen molar-refractivity contribution in [2.24, 2.45) is 0 Å². The normalized spacial score (nSPS) is 10.9. The average Bonchev–Trinajstić information content (AvgIpc) is 2.52. The van der Waals surface area contributed by atoms with Crippen LogP contribution in [0.3, 0.4) is 0 Å². The minimum atomic E-state index is -0.743. The van der Waals surface area contributed by atoms with Gasteiger partial charge in [0.1, 0.15) is 0 Å². The molecule has 2 heterocycles. The van der Waals surface area contributed by atoms with Gasteiger partial charge >= 0.3 is 11.4 Å². The Morgan fingerprint density at radius 2 is 1.25 bits per heavy atom. The summed E-state index contributed by atoms with van der Waals surface area (Å²) in [7, 11) is 0. The number of benzene rings is 1. The van der Waals surface area contributed by atoms with E-state index in [1.807, 2.05) is 19.1 Å². The predicted octanol–water partition coefficient (Wildman–Crippen LogP) is -0.0716. The highest BCUT2D eigenvalue weighted by atomic mass is 16.2. The summed E-state index contributed by atoms with van der Waals surface area (Å²) in [6.45, 7) is 1.85. The summed E-state index contributed by atoms with van der Waals surface area (Å²) in [5.41, 5.74) is -0.505. The number of H-pyrrole nitrogens is 4. The summed E-state index contributed by atoms with van der Waals surface area (Å²) in [5, 5.41) is 0. The molecule has 2 aromatic heterocycles. The molecule has 8 nitrogen and oxygen atoms in total. The van der Waals surface area contributed by atoms with E-state index in [9.17, 15) is 19.2 Å². The summed E-state index contributed by atoms with van der Waals surface area (Å²) in [6.07, 6.45) is 2.56. The van der Waals surface area contributed by atoms with Crippen LogP contribution in [0, 0.1) is 6.92 Å². The molecule has 0 saturated carbocycles. The number of aromatic amines is 4. The van der Waals surface area contributed by atoms with Gasteiger partial charge in [0.2, 0.25) is 0 Å². The lowest BCUT2D eigenvalue weighted by molar-refractivity contribution is 0.853. The highest BCUT2D eigenvalue weighted by Crippen LogP contribution is 2.29. The standard InChI is InChI=1S/C16H14N4O4/c1-8-4-2-3-5-9(8)12(10-6-17-15(23)19-13(10)21)11-7-18-16(24)20-14(11)22/h2-7,12H,1H3,(H2,17,19,21,23)(H2,18,20,22,24). The first-order valence-corrected chi connectivity index (χ1v) is 7.16. The van der Waals surface area contributed by atoms with E-state index in [0.717, 1.165) is 5.56 Å². The summed E-state index contributed by atoms with van der Waals surface area (Å²) in [5.74, 6) is -0.743. The molecule has 24 heavy (non-hydrogen) atoms. The Bertz CT molecular complexity index is 1050. The van der Waals surface area contributed by atoms with Crippen molar-refractivity contribution in [2.45, 2.75) is 12.8 Å². The SMILES string of the molecule is Cc1ccccc1C(c1c[nH]c(=O)[nH]c1=O)c1c[nH]c(=O)[nH]c1=O. The number of hydrogen-bond acceptors (Lipinski definition) is 4. The number of nitrogens with one attached hydrogen (secondary N) is 4. The van der Waals surface area contributed by atoms with Gasteiger partial charge < -0.3 is 9.97 Å². The quantitative estimate of drug-likeness (QED) is 0.536. The van der Waals surface area contributed by atoms with Gasteiger partial charge in [-0.15, -0.1) is 0 Å². The molecule has 0 spiro atoms. The fraction of sp³-hybridized carbons (Fsp3) is 0.125. The van der Waals surface area contributed by atoms with Crippen molar-refractivity contribution in [3.63, 3.8) is 0 Å². The van der Waals surface area contributed by atoms with Crippen LogP contribution >= 0.6 is 0 Å². The highest BCUT2D eigenvalue weighted by molar-refractivity contribution is 5.43. The zero-order chi connectivity index (χ0) is 17.3. The molecule has 0 saturated heterocycles. The zero-order valence-electron chi connectivity index (χ0n) is 12.7. The van der Waals surface area contributed by atoms with Crippen molar-refractivity contribution in [3.8, 4) is 0 Å². The van der Waals surface area contributed by atoms with E-state index < -0.39 is 28.4 Å². The van der Waals surface area contributed by atoms with Gasteiger partial charge in [0.15, 0.2) is 0 Å². The van der Waals surface area contributed by atoms with Crippen LogP contribution in [0.15, 0.2) is 55.8 Å². The van der Waals surface area contributed by atoms with E-state index in [1.54, 1.807) is 12.1 Å². The second-order valence-electron chi connectivity index (χ2n) is 5.34. The number of rotatable bonds is 3. The Morgan fingerprint density at radius 3 is 1.71 bits per heavy atom. The molecule has 0 atom stereocenters. The van der Waals surface area contributed by atoms with Crippen LogP contribution in [-0.2, 0) is 0 Å². The molecule has 0 aliphatic carbocycles. The molecule has 0 aliphatic heterocycles. The molecule has 0 fully saturated rings. The minimum absolute atomic E-state index is 0.196. The third-order valence-corrected chi connectivity index (χ3v) is 3.82. The second-order valence-corrected chi connectivity index (χ2v) is 5.34. The average molecular weight is 326 g/mol. The molecular formula is C16H14N4O4. The van der Waals surface area contributed by atoms with Gasteiger partial charge in [-0.2, -0.15) is 0 Å². The molecule has 0 bridgehead atoms. The summed E-state index contributed by atoms with van der Waals surface area (Å²) in [6, 6.07) is 7.26. The summed E-state index contributed by atoms with van der Waals surface area (Å²) >= 11 is 0. The highest BCUT2D eigenvalue weighted by Gasteiger charge is 2.24. The molecule has 8 heteroatoms. The van der Waals surface area contributed by atoms with Gasteiger partial charge in [-0.25, -0.2) is 9.59 Å². The molecule has 3 aromatic rings. The third kappa shape index (κ3) is 2.76. The lowest BCUT2D eigenvalue weighted by Crippen LogP contribution is -2.31. The molecular weight excluding hydrogens is 312 g/mol. The van der Waals surface area contributed by atoms with Crippen LogP contribution in [0.2, 0.25) is 0 Å². The largest absolute Gasteiger partial charge is 0.325 e. The van der Waals surface area contributed by atoms with E-state index >= 15 is 0 Å². The Balaban J connectivity index is 2.35. The van der Waals surface area contributed by atoms with Crippen LogP contribution in [0.5, 0.6) is 0 Å². The van der Waals surface area contributed by atoms with Gasteiger partial charge in [-0.3, -0.25) is 19.6 Å². The van der Waals surface area contributed by atoms with E-state index in [-0.39, 0.29) is 11.1 Å². The van der Waals surface area contributed by atoms with Crippen molar-refractivity contribution >= 4 is 0 Å². The lowest BCUT2D eigenvalue weighted by atomic mass is 9.85. The topological polar surface area (TPSA) is 131 Å². The molecule has 0 amide bonds. The van der Waals surface area contributed by atoms with E-state index in [1.165, 1.54) is 12.4 Å². The molecule has 0 unspecified atom stereocenters. The predicted molar refractivity (Wildman–Crippen MR) is 87.5 cm³/mol. The minimum Gasteiger partial charge on any atom is -0.314 e. The number of hydrogen-bond donors (Lipinski definition) is 4. The zero-order valence-corrected chi connectivity index (χ0v) is 12.7. The molecule has 122 valence electrons. The summed E-state index contributed by atoms with van der Waals surface area (Å²) < 4.78 is 0. The fourth-order valence-electron chi connectivity index (χ4n) is 2.68. The molecule has 0 aliphatic rings. The van der Waals surface area contributed by atoms with E-state index in [0.29, 0.717) is 5.56 Å². The van der Waals surface area contributed by atoms with Crippen LogP contribution in [0.25, 0.3) is 0 Å². The smallest absolute Gasteiger partial charge is 0.314 e. The first-order chi connectivity index (χ1) is 11.5. The van der Waals surface area contributed by atoms with Gasteiger partial charge in [-0.1, -0.05) is 24.3 Å². The maximum absolute atomic E-state index is 12.3. The molecule has 1 aromatic carbocycles. The Labute approximate surface area is 134 Å². The maximum atomic E-state index is 12.3. The molecule has 0 radical (unpaired) electrons. The van der Waals surface area contributed by atoms with Crippen LogP contribution in [0.4, 0.5) is 0 Å². The monoisotopic (exact) mass is 326 g/mol. The Hall–Kier alpha value is -3.42.